The molecule has 2 atom stereocenters. The zero-order valence-corrected chi connectivity index (χ0v) is 21.0. The van der Waals surface area contributed by atoms with Crippen LogP contribution in [0.1, 0.15) is 25.8 Å². The van der Waals surface area contributed by atoms with Crippen molar-refractivity contribution in [2.45, 2.75) is 38.8 Å². The van der Waals surface area contributed by atoms with Crippen LogP contribution >= 0.6 is 19.4 Å². The molecule has 0 saturated carbocycles. The summed E-state index contributed by atoms with van der Waals surface area (Å²) in [7, 11) is -4.00. The Balaban J connectivity index is 2.28. The van der Waals surface area contributed by atoms with Gasteiger partial charge in [-0.05, 0) is 30.5 Å². The van der Waals surface area contributed by atoms with E-state index in [0.29, 0.717) is 30.2 Å². The minimum absolute atomic E-state index is 0.0550. The van der Waals surface area contributed by atoms with Crippen molar-refractivity contribution in [1.82, 2.24) is 5.32 Å². The molecule has 0 aliphatic heterocycles. The van der Waals surface area contributed by atoms with Gasteiger partial charge in [-0.25, -0.2) is 0 Å². The van der Waals surface area contributed by atoms with Crippen molar-refractivity contribution < 1.29 is 42.9 Å². The molecule has 0 spiro atoms. The molecule has 0 aliphatic carbocycles. The molecule has 34 heavy (non-hydrogen) atoms. The number of carbonyl (C=O) groups is 3. The molecule has 0 bridgehead atoms. The fourth-order valence-electron chi connectivity index (χ4n) is 2.64. The van der Waals surface area contributed by atoms with Crippen molar-refractivity contribution in [3.63, 3.8) is 0 Å². The lowest BCUT2D eigenvalue weighted by atomic mass is 10.1. The largest absolute Gasteiger partial charge is 0.494 e. The SMILES string of the molecule is CC(=O)OC[C@H](CSC[C@H](N)C(=O)NCCc1ccc(OCCCP(=O)(O)O)cc1)OC(C)=O. The second kappa shape index (κ2) is 15.7. The van der Waals surface area contributed by atoms with E-state index in [1.54, 1.807) is 12.1 Å². The molecule has 1 amide bonds. The Morgan fingerprint density at radius 2 is 1.79 bits per heavy atom. The maximum atomic E-state index is 12.2. The molecule has 0 aromatic heterocycles. The second-order valence-electron chi connectivity index (χ2n) is 7.45. The number of nitrogens with two attached hydrogens (primary N) is 1. The average Bonchev–Trinajstić information content (AvgIpc) is 2.74. The molecule has 1 rings (SSSR count). The lowest BCUT2D eigenvalue weighted by molar-refractivity contribution is -0.154. The fourth-order valence-corrected chi connectivity index (χ4v) is 4.15. The van der Waals surface area contributed by atoms with Gasteiger partial charge in [-0.3, -0.25) is 18.9 Å². The van der Waals surface area contributed by atoms with Crippen LogP contribution in [0.25, 0.3) is 0 Å². The van der Waals surface area contributed by atoms with E-state index in [-0.39, 0.29) is 31.7 Å². The summed E-state index contributed by atoms with van der Waals surface area (Å²) in [6.45, 7) is 3.07. The quantitative estimate of drug-likeness (QED) is 0.138. The van der Waals surface area contributed by atoms with Crippen LogP contribution in [0.4, 0.5) is 0 Å². The van der Waals surface area contributed by atoms with Gasteiger partial charge in [0.2, 0.25) is 5.91 Å². The van der Waals surface area contributed by atoms with Gasteiger partial charge in [-0.1, -0.05) is 12.1 Å². The number of ether oxygens (including phenoxy) is 3. The van der Waals surface area contributed by atoms with Crippen molar-refractivity contribution in [2.24, 2.45) is 5.73 Å². The smallest absolute Gasteiger partial charge is 0.325 e. The number of benzene rings is 1. The first-order valence-electron chi connectivity index (χ1n) is 10.6. The van der Waals surface area contributed by atoms with Gasteiger partial charge in [0.05, 0.1) is 18.8 Å². The standard InChI is InChI=1S/C21H33N2O9PS/c1-15(24)31-12-19(32-16(2)25)13-34-14-20(22)21(26)23-9-8-17-4-6-18(7-5-17)30-10-3-11-33(27,28)29/h4-7,19-20H,3,8-14,22H2,1-2H3,(H,23,26)(H2,27,28,29)/t19-,20+/m1/s1. The molecule has 13 heteroatoms. The highest BCUT2D eigenvalue weighted by atomic mass is 32.2. The van der Waals surface area contributed by atoms with E-state index in [9.17, 15) is 18.9 Å². The predicted octanol–water partition coefficient (Wildman–Crippen LogP) is 0.847. The summed E-state index contributed by atoms with van der Waals surface area (Å²) in [4.78, 5) is 51.9. The summed E-state index contributed by atoms with van der Waals surface area (Å²) in [6.07, 6.45) is 0.0143. The number of carbonyl (C=O) groups excluding carboxylic acids is 3. The van der Waals surface area contributed by atoms with Gasteiger partial charge in [0.25, 0.3) is 0 Å². The zero-order valence-electron chi connectivity index (χ0n) is 19.3. The molecule has 1 aromatic carbocycles. The number of rotatable bonds is 16. The maximum absolute atomic E-state index is 12.2. The summed E-state index contributed by atoms with van der Waals surface area (Å²) in [5.41, 5.74) is 6.89. The summed E-state index contributed by atoms with van der Waals surface area (Å²) in [6, 6.07) is 6.45. The van der Waals surface area contributed by atoms with Crippen LogP contribution in [0.2, 0.25) is 0 Å². The van der Waals surface area contributed by atoms with Gasteiger partial charge in [0.1, 0.15) is 18.5 Å². The lowest BCUT2D eigenvalue weighted by Gasteiger charge is -2.17. The highest BCUT2D eigenvalue weighted by Crippen LogP contribution is 2.34. The van der Waals surface area contributed by atoms with Gasteiger partial charge < -0.3 is 35.0 Å². The first-order chi connectivity index (χ1) is 16.0. The molecule has 0 radical (unpaired) electrons. The van der Waals surface area contributed by atoms with Gasteiger partial charge in [0.15, 0.2) is 0 Å². The van der Waals surface area contributed by atoms with Gasteiger partial charge in [-0.15, -0.1) is 0 Å². The second-order valence-corrected chi connectivity index (χ2v) is 10.3. The number of amides is 1. The van der Waals surface area contributed by atoms with Crippen molar-refractivity contribution in [1.29, 1.82) is 0 Å². The Labute approximate surface area is 203 Å². The van der Waals surface area contributed by atoms with E-state index < -0.39 is 31.7 Å². The molecule has 0 heterocycles. The first kappa shape index (κ1) is 29.9. The Morgan fingerprint density at radius 1 is 1.12 bits per heavy atom. The van der Waals surface area contributed by atoms with Gasteiger partial charge in [-0.2, -0.15) is 11.8 Å². The van der Waals surface area contributed by atoms with Crippen molar-refractivity contribution in [3.05, 3.63) is 29.8 Å². The van der Waals surface area contributed by atoms with Crippen molar-refractivity contribution >= 4 is 37.2 Å². The monoisotopic (exact) mass is 520 g/mol. The number of thioether (sulfide) groups is 1. The van der Waals surface area contributed by atoms with Crippen LogP contribution < -0.4 is 15.8 Å². The van der Waals surface area contributed by atoms with E-state index in [1.165, 1.54) is 25.6 Å². The van der Waals surface area contributed by atoms with Crippen molar-refractivity contribution in [3.8, 4) is 5.75 Å². The third-order valence-electron chi connectivity index (χ3n) is 4.24. The van der Waals surface area contributed by atoms with Crippen molar-refractivity contribution in [2.75, 3.05) is 37.4 Å². The minimum Gasteiger partial charge on any atom is -0.494 e. The van der Waals surface area contributed by atoms with Crippen LogP contribution in [-0.4, -0.2) is 77.2 Å². The first-order valence-corrected chi connectivity index (χ1v) is 13.6. The third-order valence-corrected chi connectivity index (χ3v) is 6.34. The molecule has 0 fully saturated rings. The van der Waals surface area contributed by atoms with E-state index in [0.717, 1.165) is 5.56 Å². The van der Waals surface area contributed by atoms with Crippen LogP contribution in [0.3, 0.4) is 0 Å². The molecular weight excluding hydrogens is 487 g/mol. The topological polar surface area (TPSA) is 174 Å². The molecule has 5 N–H and O–H groups in total. The summed E-state index contributed by atoms with van der Waals surface area (Å²) >= 11 is 1.32. The highest BCUT2D eigenvalue weighted by Gasteiger charge is 2.18. The molecule has 192 valence electrons. The molecule has 1 aromatic rings. The summed E-state index contributed by atoms with van der Waals surface area (Å²) in [5, 5.41) is 2.77. The van der Waals surface area contributed by atoms with E-state index >= 15 is 0 Å². The third kappa shape index (κ3) is 14.9. The number of esters is 2. The number of hydrogen-bond acceptors (Lipinski definition) is 9. The lowest BCUT2D eigenvalue weighted by Crippen LogP contribution is -2.43. The molecule has 0 saturated heterocycles. The van der Waals surface area contributed by atoms with Gasteiger partial charge in [0, 0.05) is 31.9 Å². The Kier molecular flexibility index (Phi) is 13.8. The normalized spacial score (nSPS) is 13.0. The Hall–Kier alpha value is -2.11. The predicted molar refractivity (Wildman–Crippen MR) is 128 cm³/mol. The highest BCUT2D eigenvalue weighted by molar-refractivity contribution is 7.99. The zero-order chi connectivity index (χ0) is 25.6. The van der Waals surface area contributed by atoms with E-state index in [4.69, 9.17) is 29.7 Å². The molecule has 0 aliphatic rings. The minimum atomic E-state index is -4.00. The Morgan fingerprint density at radius 3 is 2.38 bits per heavy atom. The molecule has 0 unspecified atom stereocenters. The van der Waals surface area contributed by atoms with Crippen LogP contribution in [0.5, 0.6) is 5.75 Å². The molecular formula is C21H33N2O9PS. The van der Waals surface area contributed by atoms with Crippen LogP contribution in [0.15, 0.2) is 24.3 Å². The number of hydrogen-bond donors (Lipinski definition) is 4. The van der Waals surface area contributed by atoms with Crippen LogP contribution in [-0.2, 0) is 34.8 Å². The summed E-state index contributed by atoms with van der Waals surface area (Å²) < 4.78 is 26.2. The Bertz CT molecular complexity index is 832. The summed E-state index contributed by atoms with van der Waals surface area (Å²) in [5.74, 6) is -0.0306. The number of nitrogens with one attached hydrogen (secondary N) is 1. The maximum Gasteiger partial charge on any atom is 0.325 e. The molecule has 11 nitrogen and oxygen atoms in total. The van der Waals surface area contributed by atoms with Crippen LogP contribution in [0, 0.1) is 0 Å². The van der Waals surface area contributed by atoms with Gasteiger partial charge >= 0.3 is 19.5 Å². The fraction of sp³-hybridized carbons (Fsp3) is 0.571. The van der Waals surface area contributed by atoms with E-state index in [1.807, 2.05) is 12.1 Å². The van der Waals surface area contributed by atoms with E-state index in [2.05, 4.69) is 5.32 Å². The average molecular weight is 521 g/mol.